The maximum atomic E-state index is 10.6. The predicted molar refractivity (Wildman–Crippen MR) is 107 cm³/mol. The standard InChI is InChI=1S/C18H23ClN2O2.C2HF3O2/c1-12-7-14(19)9-17(13-8-16(10-20-2)22-11-13)18(12)23-15-3-5-21-6-4-15;3-2(4,5)1(6)7/h7-9,11,15,20-21H,3-6,10H2,1-2H3;(H,6,7). The van der Waals surface area contributed by atoms with E-state index in [0.29, 0.717) is 11.6 Å². The molecule has 2 aromatic rings. The summed E-state index contributed by atoms with van der Waals surface area (Å²) in [6, 6.07) is 5.95. The lowest BCUT2D eigenvalue weighted by Crippen LogP contribution is -2.34. The summed E-state index contributed by atoms with van der Waals surface area (Å²) < 4.78 is 43.7. The van der Waals surface area contributed by atoms with Gasteiger partial charge in [-0.2, -0.15) is 13.2 Å². The normalized spacial score (nSPS) is 14.7. The Morgan fingerprint density at radius 3 is 2.53 bits per heavy atom. The molecular weight excluding hydrogens is 425 g/mol. The second-order valence-electron chi connectivity index (χ2n) is 6.80. The average Bonchev–Trinajstić information content (AvgIpc) is 3.13. The smallest absolute Gasteiger partial charge is 0.489 e. The van der Waals surface area contributed by atoms with Crippen molar-refractivity contribution in [2.75, 3.05) is 20.1 Å². The lowest BCUT2D eigenvalue weighted by molar-refractivity contribution is -0.192. The minimum absolute atomic E-state index is 0.249. The fraction of sp³-hybridized carbons (Fsp3) is 0.450. The first-order valence-electron chi connectivity index (χ1n) is 9.31. The molecule has 30 heavy (non-hydrogen) atoms. The number of carbonyl (C=O) groups is 1. The number of carboxylic acid groups (broad SMARTS) is 1. The monoisotopic (exact) mass is 448 g/mol. The SMILES string of the molecule is CNCc1cc(-c2cc(Cl)cc(C)c2OC2CCNCC2)co1.O=C(O)C(F)(F)F. The summed E-state index contributed by atoms with van der Waals surface area (Å²) in [5.74, 6) is -0.946. The Hall–Kier alpha value is -2.23. The van der Waals surface area contributed by atoms with Crippen LogP contribution in [0.2, 0.25) is 5.02 Å². The van der Waals surface area contributed by atoms with Gasteiger partial charge in [0.25, 0.3) is 0 Å². The van der Waals surface area contributed by atoms with Crippen LogP contribution in [0.25, 0.3) is 11.1 Å². The van der Waals surface area contributed by atoms with Crippen molar-refractivity contribution in [1.82, 2.24) is 10.6 Å². The summed E-state index contributed by atoms with van der Waals surface area (Å²) in [5.41, 5.74) is 3.06. The minimum Gasteiger partial charge on any atom is -0.489 e. The van der Waals surface area contributed by atoms with Gasteiger partial charge in [-0.3, -0.25) is 0 Å². The van der Waals surface area contributed by atoms with Crippen molar-refractivity contribution in [1.29, 1.82) is 0 Å². The molecule has 1 saturated heterocycles. The van der Waals surface area contributed by atoms with E-state index in [1.807, 2.05) is 32.2 Å². The van der Waals surface area contributed by atoms with Crippen molar-refractivity contribution in [3.8, 4) is 16.9 Å². The number of rotatable bonds is 5. The number of benzene rings is 1. The van der Waals surface area contributed by atoms with E-state index in [4.69, 9.17) is 30.7 Å². The van der Waals surface area contributed by atoms with Crippen LogP contribution in [0.1, 0.15) is 24.2 Å². The highest BCUT2D eigenvalue weighted by Gasteiger charge is 2.38. The summed E-state index contributed by atoms with van der Waals surface area (Å²) in [4.78, 5) is 8.90. The van der Waals surface area contributed by atoms with Gasteiger partial charge in [0.2, 0.25) is 0 Å². The molecule has 0 atom stereocenters. The van der Waals surface area contributed by atoms with Gasteiger partial charge in [0.05, 0.1) is 12.8 Å². The molecule has 1 aromatic carbocycles. The van der Waals surface area contributed by atoms with E-state index < -0.39 is 12.1 Å². The van der Waals surface area contributed by atoms with E-state index in [1.54, 1.807) is 6.26 Å². The van der Waals surface area contributed by atoms with Gasteiger partial charge in [-0.15, -0.1) is 0 Å². The van der Waals surface area contributed by atoms with Crippen LogP contribution in [-0.2, 0) is 11.3 Å². The molecule has 3 rings (SSSR count). The molecular formula is C20H24ClF3N2O4. The lowest BCUT2D eigenvalue weighted by atomic mass is 10.0. The van der Waals surface area contributed by atoms with Gasteiger partial charge in [0, 0.05) is 16.1 Å². The van der Waals surface area contributed by atoms with E-state index in [0.717, 1.165) is 54.1 Å². The summed E-state index contributed by atoms with van der Waals surface area (Å²) in [6.07, 6.45) is -1.01. The second-order valence-corrected chi connectivity index (χ2v) is 7.24. The molecule has 0 saturated carbocycles. The van der Waals surface area contributed by atoms with Gasteiger partial charge >= 0.3 is 12.1 Å². The van der Waals surface area contributed by atoms with Crippen molar-refractivity contribution < 1.29 is 32.2 Å². The molecule has 0 amide bonds. The number of furan rings is 1. The van der Waals surface area contributed by atoms with E-state index in [-0.39, 0.29) is 6.10 Å². The highest BCUT2D eigenvalue weighted by atomic mass is 35.5. The number of aliphatic carboxylic acids is 1. The first kappa shape index (κ1) is 24.0. The van der Waals surface area contributed by atoms with Crippen LogP contribution in [0.5, 0.6) is 5.75 Å². The van der Waals surface area contributed by atoms with Crippen LogP contribution < -0.4 is 15.4 Å². The van der Waals surface area contributed by atoms with Crippen LogP contribution in [0.3, 0.4) is 0 Å². The van der Waals surface area contributed by atoms with Crippen LogP contribution in [0, 0.1) is 6.92 Å². The van der Waals surface area contributed by atoms with Crippen molar-refractivity contribution in [2.24, 2.45) is 0 Å². The molecule has 0 bridgehead atoms. The van der Waals surface area contributed by atoms with E-state index in [9.17, 15) is 13.2 Å². The molecule has 1 aliphatic heterocycles. The summed E-state index contributed by atoms with van der Waals surface area (Å²) in [7, 11) is 1.90. The Labute approximate surface area is 177 Å². The summed E-state index contributed by atoms with van der Waals surface area (Å²) in [6.45, 7) is 4.75. The fourth-order valence-corrected chi connectivity index (χ4v) is 3.24. The van der Waals surface area contributed by atoms with Crippen molar-refractivity contribution >= 4 is 17.6 Å². The number of hydrogen-bond acceptors (Lipinski definition) is 5. The van der Waals surface area contributed by atoms with E-state index >= 15 is 0 Å². The van der Waals surface area contributed by atoms with Gasteiger partial charge in [0.1, 0.15) is 17.6 Å². The largest absolute Gasteiger partial charge is 0.490 e. The highest BCUT2D eigenvalue weighted by Crippen LogP contribution is 2.38. The fourth-order valence-electron chi connectivity index (χ4n) is 2.97. The zero-order valence-electron chi connectivity index (χ0n) is 16.6. The van der Waals surface area contributed by atoms with Gasteiger partial charge in [-0.1, -0.05) is 11.6 Å². The van der Waals surface area contributed by atoms with E-state index in [1.165, 1.54) is 0 Å². The molecule has 1 fully saturated rings. The maximum absolute atomic E-state index is 10.6. The molecule has 1 aromatic heterocycles. The van der Waals surface area contributed by atoms with Crippen LogP contribution >= 0.6 is 11.6 Å². The average molecular weight is 449 g/mol. The van der Waals surface area contributed by atoms with Gasteiger partial charge < -0.3 is 24.9 Å². The Morgan fingerprint density at radius 2 is 1.97 bits per heavy atom. The summed E-state index contributed by atoms with van der Waals surface area (Å²) in [5, 5.41) is 14.3. The van der Waals surface area contributed by atoms with Gasteiger partial charge in [-0.05, 0) is 63.7 Å². The first-order chi connectivity index (χ1) is 14.1. The molecule has 10 heteroatoms. The number of hydrogen-bond donors (Lipinski definition) is 3. The van der Waals surface area contributed by atoms with Gasteiger partial charge in [0.15, 0.2) is 0 Å². The second kappa shape index (κ2) is 10.7. The third kappa shape index (κ3) is 6.93. The van der Waals surface area contributed by atoms with Crippen molar-refractivity contribution in [3.63, 3.8) is 0 Å². The van der Waals surface area contributed by atoms with Crippen molar-refractivity contribution in [3.05, 3.63) is 40.8 Å². The minimum atomic E-state index is -5.08. The Bertz CT molecular complexity index is 849. The third-order valence-electron chi connectivity index (χ3n) is 4.37. The number of halogens is 4. The van der Waals surface area contributed by atoms with E-state index in [2.05, 4.69) is 10.6 Å². The molecule has 6 nitrogen and oxygen atoms in total. The highest BCUT2D eigenvalue weighted by molar-refractivity contribution is 6.31. The molecule has 0 radical (unpaired) electrons. The summed E-state index contributed by atoms with van der Waals surface area (Å²) >= 11 is 6.27. The third-order valence-corrected chi connectivity index (χ3v) is 4.59. The quantitative estimate of drug-likeness (QED) is 0.629. The van der Waals surface area contributed by atoms with Crippen LogP contribution in [-0.4, -0.2) is 43.5 Å². The van der Waals surface area contributed by atoms with Crippen molar-refractivity contribution in [2.45, 2.75) is 38.6 Å². The lowest BCUT2D eigenvalue weighted by Gasteiger charge is -2.26. The molecule has 1 aliphatic rings. The predicted octanol–water partition coefficient (Wildman–Crippen LogP) is 4.39. The molecule has 0 unspecified atom stereocenters. The number of carboxylic acids is 1. The molecule has 0 spiro atoms. The molecule has 2 heterocycles. The zero-order chi connectivity index (χ0) is 22.3. The number of aryl methyl sites for hydroxylation is 1. The molecule has 166 valence electrons. The zero-order valence-corrected chi connectivity index (χ0v) is 17.4. The number of ether oxygens (including phenoxy) is 1. The Kier molecular flexibility index (Phi) is 8.57. The molecule has 3 N–H and O–H groups in total. The van der Waals surface area contributed by atoms with Crippen LogP contribution in [0.4, 0.5) is 13.2 Å². The topological polar surface area (TPSA) is 83.7 Å². The van der Waals surface area contributed by atoms with Crippen LogP contribution in [0.15, 0.2) is 28.9 Å². The van der Waals surface area contributed by atoms with Gasteiger partial charge in [-0.25, -0.2) is 4.79 Å². The first-order valence-corrected chi connectivity index (χ1v) is 9.69. The maximum Gasteiger partial charge on any atom is 0.490 e. The number of alkyl halides is 3. The number of nitrogens with one attached hydrogen (secondary N) is 2. The molecule has 0 aliphatic carbocycles. The Balaban J connectivity index is 0.000000396. The Morgan fingerprint density at radius 1 is 1.33 bits per heavy atom. The number of piperidine rings is 1.